The highest BCUT2D eigenvalue weighted by Gasteiger charge is 2.12. The van der Waals surface area contributed by atoms with Gasteiger partial charge in [-0.2, -0.15) is 0 Å². The van der Waals surface area contributed by atoms with E-state index in [1.807, 2.05) is 0 Å². The Morgan fingerprint density at radius 2 is 2.07 bits per heavy atom. The summed E-state index contributed by atoms with van der Waals surface area (Å²) in [5, 5.41) is 9.90. The highest BCUT2D eigenvalue weighted by Crippen LogP contribution is 2.23. The van der Waals surface area contributed by atoms with Crippen LogP contribution in [0.1, 0.15) is 22.8 Å². The maximum Gasteiger partial charge on any atom is 0.123 e. The molecule has 2 nitrogen and oxygen atoms in total. The van der Waals surface area contributed by atoms with Crippen molar-refractivity contribution < 1.29 is 13.9 Å². The van der Waals surface area contributed by atoms with Crippen LogP contribution in [-0.4, -0.2) is 5.11 Å². The van der Waals surface area contributed by atoms with Gasteiger partial charge in [0.25, 0.3) is 0 Å². The lowest BCUT2D eigenvalue weighted by molar-refractivity contribution is 0.218. The quantitative estimate of drug-likeness (QED) is 0.819. The van der Waals surface area contributed by atoms with Gasteiger partial charge in [-0.25, -0.2) is 4.39 Å². The molecule has 15 heavy (non-hydrogen) atoms. The standard InChI is InChI=1S/C12H11FO2/c1-8-4-10(6-11(13)5-8)12(14)9-2-3-15-7-9/h2-7,12,14H,1H3. The molecule has 0 fully saturated rings. The Balaban J connectivity index is 2.37. The Labute approximate surface area is 87.0 Å². The maximum atomic E-state index is 13.1. The van der Waals surface area contributed by atoms with Gasteiger partial charge in [0.2, 0.25) is 0 Å². The zero-order valence-electron chi connectivity index (χ0n) is 8.27. The predicted molar refractivity (Wildman–Crippen MR) is 53.9 cm³/mol. The number of hydrogen-bond donors (Lipinski definition) is 1. The predicted octanol–water partition coefficient (Wildman–Crippen LogP) is 2.81. The highest BCUT2D eigenvalue weighted by molar-refractivity contribution is 5.31. The van der Waals surface area contributed by atoms with Crippen molar-refractivity contribution in [3.05, 3.63) is 59.3 Å². The monoisotopic (exact) mass is 206 g/mol. The molecule has 0 aliphatic carbocycles. The smallest absolute Gasteiger partial charge is 0.123 e. The molecule has 2 rings (SSSR count). The summed E-state index contributed by atoms with van der Waals surface area (Å²) in [5.41, 5.74) is 1.95. The van der Waals surface area contributed by atoms with Crippen LogP contribution in [0.4, 0.5) is 4.39 Å². The molecule has 0 aliphatic heterocycles. The number of rotatable bonds is 2. The van der Waals surface area contributed by atoms with Gasteiger partial charge in [0, 0.05) is 5.56 Å². The molecule has 1 unspecified atom stereocenters. The SMILES string of the molecule is Cc1cc(F)cc(C(O)c2ccoc2)c1. The second kappa shape index (κ2) is 3.87. The van der Waals surface area contributed by atoms with Crippen LogP contribution in [0.25, 0.3) is 0 Å². The maximum absolute atomic E-state index is 13.1. The number of aliphatic hydroxyl groups excluding tert-OH is 1. The summed E-state index contributed by atoms with van der Waals surface area (Å²) in [6.45, 7) is 1.79. The van der Waals surface area contributed by atoms with E-state index in [9.17, 15) is 9.50 Å². The molecule has 1 heterocycles. The van der Waals surface area contributed by atoms with Gasteiger partial charge < -0.3 is 9.52 Å². The molecule has 1 aromatic heterocycles. The van der Waals surface area contributed by atoms with Crippen LogP contribution in [0.15, 0.2) is 41.2 Å². The van der Waals surface area contributed by atoms with Crippen molar-refractivity contribution in [1.82, 2.24) is 0 Å². The van der Waals surface area contributed by atoms with Gasteiger partial charge in [0.1, 0.15) is 11.9 Å². The molecule has 1 aromatic carbocycles. The van der Waals surface area contributed by atoms with Crippen molar-refractivity contribution >= 4 is 0 Å². The van der Waals surface area contributed by atoms with E-state index in [0.717, 1.165) is 5.56 Å². The van der Waals surface area contributed by atoms with Crippen LogP contribution >= 0.6 is 0 Å². The number of hydrogen-bond acceptors (Lipinski definition) is 2. The fourth-order valence-corrected chi connectivity index (χ4v) is 1.55. The first-order valence-electron chi connectivity index (χ1n) is 4.64. The van der Waals surface area contributed by atoms with E-state index in [1.165, 1.54) is 24.7 Å². The van der Waals surface area contributed by atoms with Crippen molar-refractivity contribution in [2.75, 3.05) is 0 Å². The molecule has 1 N–H and O–H groups in total. The average molecular weight is 206 g/mol. The topological polar surface area (TPSA) is 33.4 Å². The van der Waals surface area contributed by atoms with Crippen LogP contribution in [0, 0.1) is 12.7 Å². The van der Waals surface area contributed by atoms with Crippen LogP contribution in [0.2, 0.25) is 0 Å². The fraction of sp³-hybridized carbons (Fsp3) is 0.167. The van der Waals surface area contributed by atoms with E-state index in [2.05, 4.69) is 0 Å². The summed E-state index contributed by atoms with van der Waals surface area (Å²) in [6, 6.07) is 6.15. The zero-order chi connectivity index (χ0) is 10.8. The van der Waals surface area contributed by atoms with Crippen LogP contribution in [-0.2, 0) is 0 Å². The fourth-order valence-electron chi connectivity index (χ4n) is 1.55. The van der Waals surface area contributed by atoms with Crippen molar-refractivity contribution in [2.24, 2.45) is 0 Å². The minimum atomic E-state index is -0.835. The van der Waals surface area contributed by atoms with Crippen LogP contribution in [0.3, 0.4) is 0 Å². The molecule has 0 saturated carbocycles. The molecule has 0 aliphatic rings. The number of halogens is 1. The first kappa shape index (κ1) is 9.93. The minimum Gasteiger partial charge on any atom is -0.472 e. The first-order chi connectivity index (χ1) is 7.16. The van der Waals surface area contributed by atoms with Gasteiger partial charge in [0.05, 0.1) is 12.5 Å². The summed E-state index contributed by atoms with van der Waals surface area (Å²) in [4.78, 5) is 0. The Hall–Kier alpha value is -1.61. The number of benzene rings is 1. The third-order valence-corrected chi connectivity index (χ3v) is 2.24. The molecule has 0 amide bonds. The number of aryl methyl sites for hydroxylation is 1. The molecule has 78 valence electrons. The molecule has 3 heteroatoms. The van der Waals surface area contributed by atoms with E-state index in [0.29, 0.717) is 11.1 Å². The average Bonchev–Trinajstić information content (AvgIpc) is 2.67. The van der Waals surface area contributed by atoms with Gasteiger partial charge in [0.15, 0.2) is 0 Å². The summed E-state index contributed by atoms with van der Waals surface area (Å²) >= 11 is 0. The van der Waals surface area contributed by atoms with Crippen molar-refractivity contribution in [2.45, 2.75) is 13.0 Å². The Morgan fingerprint density at radius 3 is 2.67 bits per heavy atom. The molecule has 0 spiro atoms. The first-order valence-corrected chi connectivity index (χ1v) is 4.64. The molecule has 0 bridgehead atoms. The third kappa shape index (κ3) is 2.07. The lowest BCUT2D eigenvalue weighted by atomic mass is 10.0. The summed E-state index contributed by atoms with van der Waals surface area (Å²) < 4.78 is 18.0. The van der Waals surface area contributed by atoms with E-state index in [-0.39, 0.29) is 5.82 Å². The second-order valence-electron chi connectivity index (χ2n) is 3.52. The third-order valence-electron chi connectivity index (χ3n) is 2.24. The number of furan rings is 1. The molecule has 0 saturated heterocycles. The molecular formula is C12H11FO2. The van der Waals surface area contributed by atoms with Crippen molar-refractivity contribution in [3.63, 3.8) is 0 Å². The summed E-state index contributed by atoms with van der Waals surface area (Å²) in [7, 11) is 0. The Bertz CT molecular complexity index is 428. The van der Waals surface area contributed by atoms with Gasteiger partial charge in [-0.15, -0.1) is 0 Å². The van der Waals surface area contributed by atoms with Gasteiger partial charge in [-0.1, -0.05) is 6.07 Å². The Morgan fingerprint density at radius 1 is 1.27 bits per heavy atom. The van der Waals surface area contributed by atoms with Gasteiger partial charge in [-0.3, -0.25) is 0 Å². The summed E-state index contributed by atoms with van der Waals surface area (Å²) in [5.74, 6) is -0.340. The largest absolute Gasteiger partial charge is 0.472 e. The lowest BCUT2D eigenvalue weighted by Crippen LogP contribution is -1.99. The molecular weight excluding hydrogens is 195 g/mol. The normalized spacial score (nSPS) is 12.7. The number of aliphatic hydroxyl groups is 1. The van der Waals surface area contributed by atoms with E-state index in [1.54, 1.807) is 19.1 Å². The van der Waals surface area contributed by atoms with E-state index < -0.39 is 6.10 Å². The minimum absolute atomic E-state index is 0.340. The van der Waals surface area contributed by atoms with Gasteiger partial charge in [-0.05, 0) is 36.2 Å². The molecule has 2 aromatic rings. The lowest BCUT2D eigenvalue weighted by Gasteiger charge is -2.09. The van der Waals surface area contributed by atoms with E-state index in [4.69, 9.17) is 4.42 Å². The van der Waals surface area contributed by atoms with Gasteiger partial charge >= 0.3 is 0 Å². The van der Waals surface area contributed by atoms with Crippen LogP contribution in [0.5, 0.6) is 0 Å². The second-order valence-corrected chi connectivity index (χ2v) is 3.52. The summed E-state index contributed by atoms with van der Waals surface area (Å²) in [6.07, 6.45) is 2.09. The van der Waals surface area contributed by atoms with Crippen LogP contribution < -0.4 is 0 Å². The molecule has 1 atom stereocenters. The molecule has 0 radical (unpaired) electrons. The highest BCUT2D eigenvalue weighted by atomic mass is 19.1. The van der Waals surface area contributed by atoms with Crippen molar-refractivity contribution in [1.29, 1.82) is 0 Å². The van der Waals surface area contributed by atoms with E-state index >= 15 is 0 Å². The van der Waals surface area contributed by atoms with Crippen molar-refractivity contribution in [3.8, 4) is 0 Å². The Kier molecular flexibility index (Phi) is 2.56. The zero-order valence-corrected chi connectivity index (χ0v) is 8.27.